The lowest BCUT2D eigenvalue weighted by atomic mass is 10.1. The van der Waals surface area contributed by atoms with E-state index in [4.69, 9.17) is 0 Å². The average Bonchev–Trinajstić information content (AvgIpc) is 2.92. The Bertz CT molecular complexity index is 662. The number of aromatic nitrogens is 1. The van der Waals surface area contributed by atoms with E-state index in [2.05, 4.69) is 15.5 Å². The molecule has 2 N–H and O–H groups in total. The van der Waals surface area contributed by atoms with E-state index < -0.39 is 10.8 Å². The Morgan fingerprint density at radius 2 is 2.25 bits per heavy atom. The van der Waals surface area contributed by atoms with Crippen LogP contribution >= 0.6 is 0 Å². The predicted octanol–water partition coefficient (Wildman–Crippen LogP) is 2.00. The first-order chi connectivity index (χ1) is 9.58. The number of rotatable bonds is 4. The molecular formula is C13H12N4O3. The zero-order valence-corrected chi connectivity index (χ0v) is 10.7. The second-order valence-corrected chi connectivity index (χ2v) is 4.08. The van der Waals surface area contributed by atoms with E-state index in [1.54, 1.807) is 25.3 Å². The second-order valence-electron chi connectivity index (χ2n) is 4.08. The van der Waals surface area contributed by atoms with E-state index in [0.717, 1.165) is 5.69 Å². The molecule has 1 heterocycles. The first-order valence-corrected chi connectivity index (χ1v) is 5.80. The van der Waals surface area contributed by atoms with Gasteiger partial charge < -0.3 is 4.98 Å². The van der Waals surface area contributed by atoms with Crippen LogP contribution < -0.4 is 5.43 Å². The molecule has 0 spiro atoms. The molecule has 0 radical (unpaired) electrons. The number of hydrogen-bond acceptors (Lipinski definition) is 4. The lowest BCUT2D eigenvalue weighted by Crippen LogP contribution is -2.17. The van der Waals surface area contributed by atoms with E-state index in [1.807, 2.05) is 0 Å². The molecule has 0 saturated heterocycles. The quantitative estimate of drug-likeness (QED) is 0.505. The molecule has 20 heavy (non-hydrogen) atoms. The monoisotopic (exact) mass is 272 g/mol. The second kappa shape index (κ2) is 5.79. The smallest absolute Gasteiger partial charge is 0.273 e. The highest BCUT2D eigenvalue weighted by Gasteiger charge is 2.14. The molecule has 0 unspecified atom stereocenters. The lowest BCUT2D eigenvalue weighted by molar-refractivity contribution is -0.385. The van der Waals surface area contributed by atoms with Gasteiger partial charge in [0.05, 0.1) is 16.8 Å². The first kappa shape index (κ1) is 13.5. The minimum atomic E-state index is -0.520. The Morgan fingerprint density at radius 1 is 1.45 bits per heavy atom. The van der Waals surface area contributed by atoms with Crippen molar-refractivity contribution in [2.45, 2.75) is 6.92 Å². The molecule has 1 aromatic carbocycles. The van der Waals surface area contributed by atoms with Crippen LogP contribution in [0.25, 0.3) is 0 Å². The fourth-order valence-corrected chi connectivity index (χ4v) is 1.60. The standard InChI is InChI=1S/C13H12N4O3/c1-9-4-5-10(7-12(9)17(19)20)13(18)16-15-8-11-3-2-6-14-11/h2-8,14H,1H3,(H,16,18). The summed E-state index contributed by atoms with van der Waals surface area (Å²) >= 11 is 0. The highest BCUT2D eigenvalue weighted by atomic mass is 16.6. The normalized spacial score (nSPS) is 10.7. The highest BCUT2D eigenvalue weighted by Crippen LogP contribution is 2.19. The van der Waals surface area contributed by atoms with Crippen LogP contribution in [0.2, 0.25) is 0 Å². The lowest BCUT2D eigenvalue weighted by Gasteiger charge is -2.01. The van der Waals surface area contributed by atoms with Gasteiger partial charge in [0, 0.05) is 23.4 Å². The van der Waals surface area contributed by atoms with Crippen LogP contribution in [-0.4, -0.2) is 22.0 Å². The summed E-state index contributed by atoms with van der Waals surface area (Å²) < 4.78 is 0. The number of hydrogen-bond donors (Lipinski definition) is 2. The molecule has 0 aliphatic carbocycles. The third-order valence-corrected chi connectivity index (χ3v) is 2.66. The number of nitrogens with zero attached hydrogens (tertiary/aromatic N) is 2. The summed E-state index contributed by atoms with van der Waals surface area (Å²) in [6.45, 7) is 1.61. The summed E-state index contributed by atoms with van der Waals surface area (Å²) in [4.78, 5) is 25.0. The van der Waals surface area contributed by atoms with Gasteiger partial charge in [-0.05, 0) is 25.1 Å². The predicted molar refractivity (Wildman–Crippen MR) is 73.7 cm³/mol. The number of amides is 1. The number of H-pyrrole nitrogens is 1. The molecule has 0 bridgehead atoms. The summed E-state index contributed by atoms with van der Waals surface area (Å²) in [5.74, 6) is -0.504. The van der Waals surface area contributed by atoms with E-state index in [0.29, 0.717) is 5.56 Å². The maximum absolute atomic E-state index is 11.8. The summed E-state index contributed by atoms with van der Waals surface area (Å²) in [5, 5.41) is 14.6. The summed E-state index contributed by atoms with van der Waals surface area (Å²) in [7, 11) is 0. The molecule has 0 atom stereocenters. The van der Waals surface area contributed by atoms with Crippen molar-refractivity contribution in [3.8, 4) is 0 Å². The number of carbonyl (C=O) groups is 1. The highest BCUT2D eigenvalue weighted by molar-refractivity contribution is 5.95. The maximum Gasteiger partial charge on any atom is 0.273 e. The Hall–Kier alpha value is -2.96. The largest absolute Gasteiger partial charge is 0.360 e. The third kappa shape index (κ3) is 3.08. The molecule has 0 aliphatic heterocycles. The van der Waals surface area contributed by atoms with Crippen molar-refractivity contribution in [2.75, 3.05) is 0 Å². The van der Waals surface area contributed by atoms with E-state index in [9.17, 15) is 14.9 Å². The van der Waals surface area contributed by atoms with Gasteiger partial charge >= 0.3 is 0 Å². The summed E-state index contributed by atoms with van der Waals surface area (Å²) in [6.07, 6.45) is 3.17. The number of carbonyl (C=O) groups excluding carboxylic acids is 1. The molecule has 2 rings (SSSR count). The Balaban J connectivity index is 2.09. The number of nitrogens with one attached hydrogen (secondary N) is 2. The fraction of sp³-hybridized carbons (Fsp3) is 0.0769. The van der Waals surface area contributed by atoms with E-state index >= 15 is 0 Å². The molecule has 1 aromatic heterocycles. The number of aryl methyl sites for hydroxylation is 1. The first-order valence-electron chi connectivity index (χ1n) is 5.80. The van der Waals surface area contributed by atoms with E-state index in [-0.39, 0.29) is 11.3 Å². The average molecular weight is 272 g/mol. The zero-order valence-electron chi connectivity index (χ0n) is 10.7. The van der Waals surface area contributed by atoms with Gasteiger partial charge in [-0.2, -0.15) is 5.10 Å². The molecule has 2 aromatic rings. The van der Waals surface area contributed by atoms with Crippen molar-refractivity contribution in [3.63, 3.8) is 0 Å². The zero-order chi connectivity index (χ0) is 14.5. The van der Waals surface area contributed by atoms with Crippen molar-refractivity contribution in [3.05, 3.63) is 63.5 Å². The van der Waals surface area contributed by atoms with Crippen molar-refractivity contribution in [1.82, 2.24) is 10.4 Å². The van der Waals surface area contributed by atoms with Gasteiger partial charge in [-0.3, -0.25) is 14.9 Å². The Morgan fingerprint density at radius 3 is 2.90 bits per heavy atom. The van der Waals surface area contributed by atoms with Crippen LogP contribution in [0.15, 0.2) is 41.6 Å². The molecule has 7 nitrogen and oxygen atoms in total. The Labute approximate surface area is 114 Å². The van der Waals surface area contributed by atoms with Gasteiger partial charge in [-0.1, -0.05) is 6.07 Å². The van der Waals surface area contributed by atoms with Gasteiger partial charge in [0.2, 0.25) is 0 Å². The van der Waals surface area contributed by atoms with Gasteiger partial charge in [0.1, 0.15) is 0 Å². The molecule has 0 saturated carbocycles. The number of hydrazone groups is 1. The minimum Gasteiger partial charge on any atom is -0.360 e. The number of benzene rings is 1. The van der Waals surface area contributed by atoms with Crippen molar-refractivity contribution < 1.29 is 9.72 Å². The van der Waals surface area contributed by atoms with Crippen LogP contribution in [0, 0.1) is 17.0 Å². The van der Waals surface area contributed by atoms with Crippen molar-refractivity contribution in [1.29, 1.82) is 0 Å². The van der Waals surface area contributed by atoms with Crippen molar-refractivity contribution >= 4 is 17.8 Å². The minimum absolute atomic E-state index is 0.0917. The molecule has 1 amide bonds. The van der Waals surface area contributed by atoms with Gasteiger partial charge in [0.25, 0.3) is 11.6 Å². The molecule has 0 fully saturated rings. The number of aromatic amines is 1. The van der Waals surface area contributed by atoms with Crippen LogP contribution in [0.5, 0.6) is 0 Å². The fourth-order valence-electron chi connectivity index (χ4n) is 1.60. The van der Waals surface area contributed by atoms with Gasteiger partial charge in [-0.15, -0.1) is 0 Å². The SMILES string of the molecule is Cc1ccc(C(=O)NN=Cc2ccc[nH]2)cc1[N+](=O)[O-]. The van der Waals surface area contributed by atoms with Crippen LogP contribution in [0.1, 0.15) is 21.6 Å². The topological polar surface area (TPSA) is 100 Å². The molecular weight excluding hydrogens is 260 g/mol. The molecule has 102 valence electrons. The maximum atomic E-state index is 11.8. The van der Waals surface area contributed by atoms with Gasteiger partial charge in [-0.25, -0.2) is 5.43 Å². The molecule has 7 heteroatoms. The van der Waals surface area contributed by atoms with Crippen molar-refractivity contribution in [2.24, 2.45) is 5.10 Å². The molecule has 0 aliphatic rings. The third-order valence-electron chi connectivity index (χ3n) is 2.66. The van der Waals surface area contributed by atoms with Gasteiger partial charge in [0.15, 0.2) is 0 Å². The summed E-state index contributed by atoms with van der Waals surface area (Å²) in [6, 6.07) is 7.86. The van der Waals surface area contributed by atoms with E-state index in [1.165, 1.54) is 24.4 Å². The van der Waals surface area contributed by atoms with Crippen LogP contribution in [-0.2, 0) is 0 Å². The number of nitro benzene ring substituents is 1. The van der Waals surface area contributed by atoms with Crippen LogP contribution in [0.4, 0.5) is 5.69 Å². The Kier molecular flexibility index (Phi) is 3.90. The summed E-state index contributed by atoms with van der Waals surface area (Å²) in [5.41, 5.74) is 3.64. The van der Waals surface area contributed by atoms with Crippen LogP contribution in [0.3, 0.4) is 0 Å². The number of nitro groups is 1.